The van der Waals surface area contributed by atoms with Crippen molar-refractivity contribution in [3.63, 3.8) is 0 Å². The minimum atomic E-state index is 0.402. The number of nitrogens with zero attached hydrogens (tertiary/aromatic N) is 1. The first-order valence-electron chi connectivity index (χ1n) is 5.00. The van der Waals surface area contributed by atoms with Gasteiger partial charge >= 0.3 is 0 Å². The summed E-state index contributed by atoms with van der Waals surface area (Å²) in [6.07, 6.45) is 0.471. The molecule has 0 fully saturated rings. The highest BCUT2D eigenvalue weighted by atomic mass is 28.1. The molecule has 0 heterocycles. The second kappa shape index (κ2) is 5.75. The largest absolute Gasteiger partial charge is 0.305 e. The van der Waals surface area contributed by atoms with Gasteiger partial charge in [0.1, 0.15) is 0 Å². The maximum atomic E-state index is 3.51. The second-order valence-corrected chi connectivity index (χ2v) is 7.29. The van der Waals surface area contributed by atoms with Crippen molar-refractivity contribution in [2.24, 2.45) is 0 Å². The van der Waals surface area contributed by atoms with E-state index < -0.39 is 0 Å². The van der Waals surface area contributed by atoms with Gasteiger partial charge in [0, 0.05) is 16.9 Å². The van der Waals surface area contributed by atoms with Crippen LogP contribution in [0.15, 0.2) is 0 Å². The summed E-state index contributed by atoms with van der Waals surface area (Å²) in [5.41, 5.74) is 0. The van der Waals surface area contributed by atoms with E-state index in [0.29, 0.717) is 11.2 Å². The third-order valence-electron chi connectivity index (χ3n) is 2.01. The molecule has 3 nitrogen and oxygen atoms in total. The Kier molecular flexibility index (Phi) is 5.79. The molecular weight excluding hydrogens is 178 g/mol. The van der Waals surface area contributed by atoms with Crippen molar-refractivity contribution >= 4 is 10.2 Å². The summed E-state index contributed by atoms with van der Waals surface area (Å²) in [6, 6.07) is 0. The van der Waals surface area contributed by atoms with E-state index >= 15 is 0 Å². The average Bonchev–Trinajstić information content (AvgIpc) is 1.94. The van der Waals surface area contributed by atoms with Gasteiger partial charge in [0.05, 0.1) is 6.17 Å². The Hall–Kier alpha value is 0.0969. The van der Waals surface area contributed by atoms with Gasteiger partial charge in [0.2, 0.25) is 0 Å². The monoisotopic (exact) mass is 203 g/mol. The van der Waals surface area contributed by atoms with Gasteiger partial charge < -0.3 is 5.32 Å². The van der Waals surface area contributed by atoms with Gasteiger partial charge in [0.25, 0.3) is 0 Å². The smallest absolute Gasteiger partial charge is 0.0620 e. The lowest BCUT2D eigenvalue weighted by atomic mass is 10.1. The van der Waals surface area contributed by atoms with Gasteiger partial charge in [-0.25, -0.2) is 0 Å². The molecule has 0 radical (unpaired) electrons. The molecule has 0 spiro atoms. The van der Waals surface area contributed by atoms with Crippen molar-refractivity contribution in [2.45, 2.75) is 32.0 Å². The molecule has 4 heteroatoms. The average molecular weight is 203 g/mol. The van der Waals surface area contributed by atoms with Gasteiger partial charge in [-0.05, 0) is 25.7 Å². The fraction of sp³-hybridized carbons (Fsp3) is 1.00. The molecule has 1 unspecified atom stereocenters. The van der Waals surface area contributed by atoms with Crippen molar-refractivity contribution < 1.29 is 0 Å². The minimum Gasteiger partial charge on any atom is -0.305 e. The Bertz CT molecular complexity index is 131. The Labute approximate surface area is 85.7 Å². The molecule has 0 aromatic carbocycles. The van der Waals surface area contributed by atoms with E-state index in [1.165, 1.54) is 10.2 Å². The first kappa shape index (κ1) is 13.1. The van der Waals surface area contributed by atoms with Crippen LogP contribution < -0.4 is 10.6 Å². The van der Waals surface area contributed by atoms with Crippen LogP contribution in [-0.2, 0) is 0 Å². The third-order valence-corrected chi connectivity index (χ3v) is 2.55. The van der Waals surface area contributed by atoms with Crippen LogP contribution in [0.2, 0.25) is 5.04 Å². The number of hydrogen-bond acceptors (Lipinski definition) is 3. The summed E-state index contributed by atoms with van der Waals surface area (Å²) in [5.74, 6) is 0. The topological polar surface area (TPSA) is 27.3 Å². The zero-order valence-corrected chi connectivity index (χ0v) is 11.9. The summed E-state index contributed by atoms with van der Waals surface area (Å²) in [7, 11) is 5.45. The Morgan fingerprint density at radius 2 is 1.92 bits per heavy atom. The lowest BCUT2D eigenvalue weighted by Crippen LogP contribution is -2.51. The number of nitrogens with one attached hydrogen (secondary N) is 2. The molecule has 0 aliphatic heterocycles. The van der Waals surface area contributed by atoms with Crippen LogP contribution in [0.5, 0.6) is 0 Å². The molecular formula is C9H25N3Si. The fourth-order valence-electron chi connectivity index (χ4n) is 1.56. The summed E-state index contributed by atoms with van der Waals surface area (Å²) in [6.45, 7) is 8.66. The highest BCUT2D eigenvalue weighted by molar-refractivity contribution is 6.15. The molecule has 0 saturated carbocycles. The summed E-state index contributed by atoms with van der Waals surface area (Å²) in [4.78, 5) is 2.25. The van der Waals surface area contributed by atoms with Gasteiger partial charge in [-0.3, -0.25) is 10.2 Å². The lowest BCUT2D eigenvalue weighted by molar-refractivity contribution is 0.196. The van der Waals surface area contributed by atoms with E-state index in [2.05, 4.69) is 50.4 Å². The molecule has 2 N–H and O–H groups in total. The molecule has 0 aromatic heterocycles. The molecule has 0 aliphatic rings. The van der Waals surface area contributed by atoms with E-state index in [1.54, 1.807) is 0 Å². The normalized spacial score (nSPS) is 15.2. The van der Waals surface area contributed by atoms with E-state index in [-0.39, 0.29) is 0 Å². The molecule has 80 valence electrons. The van der Waals surface area contributed by atoms with Gasteiger partial charge in [0.15, 0.2) is 0 Å². The van der Waals surface area contributed by atoms with Gasteiger partial charge in [-0.15, -0.1) is 0 Å². The Balaban J connectivity index is 3.97. The van der Waals surface area contributed by atoms with Crippen LogP contribution in [0.1, 0.15) is 20.8 Å². The molecule has 0 rings (SSSR count). The van der Waals surface area contributed by atoms with Crippen molar-refractivity contribution in [1.82, 2.24) is 15.5 Å². The first-order chi connectivity index (χ1) is 5.89. The molecule has 0 bridgehead atoms. The molecule has 0 saturated heterocycles. The SMILES string of the molecule is CCNCNC(N(C)C)C(C)(C)[SiH3]. The maximum absolute atomic E-state index is 3.51. The minimum absolute atomic E-state index is 0.402. The van der Waals surface area contributed by atoms with Crippen LogP contribution >= 0.6 is 0 Å². The number of rotatable bonds is 6. The summed E-state index contributed by atoms with van der Waals surface area (Å²) in [5, 5.41) is 7.19. The van der Waals surface area contributed by atoms with E-state index in [9.17, 15) is 0 Å². The first-order valence-corrected chi connectivity index (χ1v) is 6.00. The van der Waals surface area contributed by atoms with Crippen molar-refractivity contribution in [3.05, 3.63) is 0 Å². The molecule has 0 aromatic rings. The van der Waals surface area contributed by atoms with Gasteiger partial charge in [-0.2, -0.15) is 0 Å². The quantitative estimate of drug-likeness (QED) is 0.349. The third kappa shape index (κ3) is 5.41. The lowest BCUT2D eigenvalue weighted by Gasteiger charge is -2.36. The molecule has 13 heavy (non-hydrogen) atoms. The van der Waals surface area contributed by atoms with Gasteiger partial charge in [-0.1, -0.05) is 20.8 Å². The van der Waals surface area contributed by atoms with Crippen molar-refractivity contribution in [2.75, 3.05) is 27.3 Å². The van der Waals surface area contributed by atoms with Crippen LogP contribution in [-0.4, -0.2) is 48.6 Å². The van der Waals surface area contributed by atoms with E-state index in [4.69, 9.17) is 0 Å². The van der Waals surface area contributed by atoms with E-state index in [1.807, 2.05) is 0 Å². The standard InChI is InChI=1S/C9H25N3Si/c1-6-10-7-11-8(12(4)5)9(2,3)13/h8,10-11H,6-7H2,1-5,13H3. The predicted octanol–water partition coefficient (Wildman–Crippen LogP) is -0.405. The van der Waals surface area contributed by atoms with Crippen LogP contribution in [0.4, 0.5) is 0 Å². The predicted molar refractivity (Wildman–Crippen MR) is 63.1 cm³/mol. The van der Waals surface area contributed by atoms with Crippen LogP contribution in [0, 0.1) is 0 Å². The highest BCUT2D eigenvalue weighted by Crippen LogP contribution is 2.24. The van der Waals surface area contributed by atoms with Crippen molar-refractivity contribution in [3.8, 4) is 0 Å². The molecule has 1 atom stereocenters. The zero-order chi connectivity index (χ0) is 10.5. The summed E-state index contributed by atoms with van der Waals surface area (Å²) >= 11 is 0. The van der Waals surface area contributed by atoms with E-state index in [0.717, 1.165) is 13.2 Å². The fourth-order valence-corrected chi connectivity index (χ4v) is 2.28. The van der Waals surface area contributed by atoms with Crippen LogP contribution in [0.25, 0.3) is 0 Å². The van der Waals surface area contributed by atoms with Crippen molar-refractivity contribution in [1.29, 1.82) is 0 Å². The molecule has 0 amide bonds. The molecule has 0 aliphatic carbocycles. The Morgan fingerprint density at radius 1 is 1.38 bits per heavy atom. The second-order valence-electron chi connectivity index (χ2n) is 4.72. The Morgan fingerprint density at radius 3 is 2.23 bits per heavy atom. The van der Waals surface area contributed by atoms with Crippen LogP contribution in [0.3, 0.4) is 0 Å². The maximum Gasteiger partial charge on any atom is 0.0620 e. The zero-order valence-electron chi connectivity index (χ0n) is 9.94. The highest BCUT2D eigenvalue weighted by Gasteiger charge is 2.25. The number of hydrogen-bond donors (Lipinski definition) is 2. The summed E-state index contributed by atoms with van der Waals surface area (Å²) < 4.78 is 0.